The normalized spacial score (nSPS) is 11.9. The Morgan fingerprint density at radius 3 is 2.67 bits per heavy atom. The molecular weight excluding hydrogens is 302 g/mol. The highest BCUT2D eigenvalue weighted by Gasteiger charge is 2.17. The number of ether oxygens (including phenoxy) is 1. The van der Waals surface area contributed by atoms with E-state index >= 15 is 0 Å². The van der Waals surface area contributed by atoms with Gasteiger partial charge in [-0.3, -0.25) is 4.79 Å². The molecule has 1 amide bonds. The van der Waals surface area contributed by atoms with E-state index in [1.165, 1.54) is 7.11 Å². The Kier molecular flexibility index (Phi) is 5.80. The van der Waals surface area contributed by atoms with Crippen LogP contribution in [0.3, 0.4) is 0 Å². The zero-order valence-corrected chi connectivity index (χ0v) is 11.4. The lowest BCUT2D eigenvalue weighted by Crippen LogP contribution is -2.38. The number of benzene rings is 1. The highest BCUT2D eigenvalue weighted by atomic mass is 79.9. The van der Waals surface area contributed by atoms with E-state index in [0.717, 1.165) is 10.0 Å². The van der Waals surface area contributed by atoms with Gasteiger partial charge in [0.15, 0.2) is 6.10 Å². The third-order valence-corrected chi connectivity index (χ3v) is 3.13. The number of methoxy groups -OCH3 is 1. The third kappa shape index (κ3) is 4.46. The zero-order chi connectivity index (χ0) is 13.5. The predicted octanol–water partition coefficient (Wildman–Crippen LogP) is 1.21. The van der Waals surface area contributed by atoms with Crippen LogP contribution in [-0.4, -0.2) is 36.7 Å². The predicted molar refractivity (Wildman–Crippen MR) is 69.3 cm³/mol. The van der Waals surface area contributed by atoms with Crippen molar-refractivity contribution in [3.05, 3.63) is 34.3 Å². The molecule has 18 heavy (non-hydrogen) atoms. The monoisotopic (exact) mass is 315 g/mol. The molecule has 0 saturated carbocycles. The van der Waals surface area contributed by atoms with Crippen molar-refractivity contribution in [1.29, 1.82) is 0 Å². The molecule has 1 rings (SSSR count). The SMILES string of the molecule is COC(CNC(=O)Cc1ccccc1Br)C(=O)O. The first-order valence-electron chi connectivity index (χ1n) is 5.30. The fourth-order valence-corrected chi connectivity index (χ4v) is 1.78. The largest absolute Gasteiger partial charge is 0.479 e. The van der Waals surface area contributed by atoms with Crippen LogP contribution in [0.4, 0.5) is 0 Å². The summed E-state index contributed by atoms with van der Waals surface area (Å²) in [6, 6.07) is 7.37. The summed E-state index contributed by atoms with van der Waals surface area (Å²) in [5.74, 6) is -1.34. The van der Waals surface area contributed by atoms with Crippen LogP contribution in [0.25, 0.3) is 0 Å². The van der Waals surface area contributed by atoms with Crippen molar-refractivity contribution < 1.29 is 19.4 Å². The third-order valence-electron chi connectivity index (χ3n) is 2.35. The number of hydrogen-bond acceptors (Lipinski definition) is 3. The number of carbonyl (C=O) groups excluding carboxylic acids is 1. The number of hydrogen-bond donors (Lipinski definition) is 2. The summed E-state index contributed by atoms with van der Waals surface area (Å²) >= 11 is 3.34. The first-order valence-corrected chi connectivity index (χ1v) is 6.09. The first kappa shape index (κ1) is 14.7. The molecule has 0 aliphatic heterocycles. The molecule has 0 radical (unpaired) electrons. The fourth-order valence-electron chi connectivity index (χ4n) is 1.36. The van der Waals surface area contributed by atoms with Crippen LogP contribution in [-0.2, 0) is 20.7 Å². The second-order valence-electron chi connectivity index (χ2n) is 3.63. The van der Waals surface area contributed by atoms with Gasteiger partial charge in [-0.2, -0.15) is 0 Å². The van der Waals surface area contributed by atoms with Crippen LogP contribution < -0.4 is 5.32 Å². The van der Waals surface area contributed by atoms with Crippen LogP contribution in [0.2, 0.25) is 0 Å². The number of carboxylic acids is 1. The van der Waals surface area contributed by atoms with Crippen molar-refractivity contribution in [2.45, 2.75) is 12.5 Å². The smallest absolute Gasteiger partial charge is 0.334 e. The minimum absolute atomic E-state index is 0.0465. The van der Waals surface area contributed by atoms with Crippen molar-refractivity contribution in [3.8, 4) is 0 Å². The van der Waals surface area contributed by atoms with E-state index in [-0.39, 0.29) is 18.9 Å². The van der Waals surface area contributed by atoms with Gasteiger partial charge in [-0.05, 0) is 11.6 Å². The van der Waals surface area contributed by atoms with Crippen LogP contribution in [0.15, 0.2) is 28.7 Å². The van der Waals surface area contributed by atoms with Gasteiger partial charge >= 0.3 is 5.97 Å². The molecule has 0 bridgehead atoms. The van der Waals surface area contributed by atoms with Gasteiger partial charge in [-0.1, -0.05) is 34.1 Å². The number of carbonyl (C=O) groups is 2. The highest BCUT2D eigenvalue weighted by molar-refractivity contribution is 9.10. The number of nitrogens with one attached hydrogen (secondary N) is 1. The van der Waals surface area contributed by atoms with Crippen LogP contribution in [0, 0.1) is 0 Å². The lowest BCUT2D eigenvalue weighted by Gasteiger charge is -2.11. The summed E-state index contributed by atoms with van der Waals surface area (Å²) in [6.45, 7) is -0.0465. The van der Waals surface area contributed by atoms with Gasteiger partial charge in [0.05, 0.1) is 13.0 Å². The molecule has 1 unspecified atom stereocenters. The van der Waals surface area contributed by atoms with E-state index in [1.807, 2.05) is 24.3 Å². The molecule has 0 spiro atoms. The van der Waals surface area contributed by atoms with Crippen molar-refractivity contribution in [3.63, 3.8) is 0 Å². The number of aliphatic carboxylic acids is 1. The van der Waals surface area contributed by atoms with Crippen LogP contribution >= 0.6 is 15.9 Å². The first-order chi connectivity index (χ1) is 8.54. The molecule has 0 aliphatic carbocycles. The Hall–Kier alpha value is -1.40. The van der Waals surface area contributed by atoms with E-state index in [2.05, 4.69) is 21.2 Å². The van der Waals surface area contributed by atoms with E-state index in [9.17, 15) is 9.59 Å². The van der Waals surface area contributed by atoms with E-state index in [4.69, 9.17) is 9.84 Å². The Labute approximate surface area is 113 Å². The molecule has 1 atom stereocenters. The van der Waals surface area contributed by atoms with Gasteiger partial charge in [-0.15, -0.1) is 0 Å². The standard InChI is InChI=1S/C12H14BrNO4/c1-18-10(12(16)17)7-14-11(15)6-8-4-2-3-5-9(8)13/h2-5,10H,6-7H2,1H3,(H,14,15)(H,16,17). The van der Waals surface area contributed by atoms with Gasteiger partial charge in [0.25, 0.3) is 0 Å². The maximum absolute atomic E-state index is 11.6. The molecule has 0 fully saturated rings. The van der Waals surface area contributed by atoms with Crippen molar-refractivity contribution in [1.82, 2.24) is 5.32 Å². The summed E-state index contributed by atoms with van der Waals surface area (Å²) in [5, 5.41) is 11.3. The summed E-state index contributed by atoms with van der Waals surface area (Å²) in [6.07, 6.45) is -0.828. The van der Waals surface area contributed by atoms with Crippen LogP contribution in [0.5, 0.6) is 0 Å². The number of amides is 1. The summed E-state index contributed by atoms with van der Waals surface area (Å²) < 4.78 is 5.56. The molecule has 6 heteroatoms. The number of carboxylic acid groups (broad SMARTS) is 1. The molecule has 5 nitrogen and oxygen atoms in total. The molecule has 1 aromatic rings. The molecule has 0 saturated heterocycles. The second kappa shape index (κ2) is 7.13. The zero-order valence-electron chi connectivity index (χ0n) is 9.85. The summed E-state index contributed by atoms with van der Waals surface area (Å²) in [4.78, 5) is 22.3. The maximum atomic E-state index is 11.6. The molecule has 2 N–H and O–H groups in total. The van der Waals surface area contributed by atoms with Gasteiger partial charge in [0.1, 0.15) is 0 Å². The van der Waals surface area contributed by atoms with Crippen molar-refractivity contribution >= 4 is 27.8 Å². The van der Waals surface area contributed by atoms with Crippen LogP contribution in [0.1, 0.15) is 5.56 Å². The van der Waals surface area contributed by atoms with Crippen molar-refractivity contribution in [2.75, 3.05) is 13.7 Å². The second-order valence-corrected chi connectivity index (χ2v) is 4.49. The van der Waals surface area contributed by atoms with E-state index < -0.39 is 12.1 Å². The van der Waals surface area contributed by atoms with Gasteiger partial charge in [0.2, 0.25) is 5.91 Å². The average Bonchev–Trinajstić information content (AvgIpc) is 2.32. The molecule has 98 valence electrons. The number of rotatable bonds is 6. The highest BCUT2D eigenvalue weighted by Crippen LogP contribution is 2.16. The quantitative estimate of drug-likeness (QED) is 0.827. The average molecular weight is 316 g/mol. The fraction of sp³-hybridized carbons (Fsp3) is 0.333. The van der Waals surface area contributed by atoms with Gasteiger partial charge in [-0.25, -0.2) is 4.79 Å². The van der Waals surface area contributed by atoms with Gasteiger partial charge in [0, 0.05) is 11.6 Å². The Morgan fingerprint density at radius 2 is 2.11 bits per heavy atom. The lowest BCUT2D eigenvalue weighted by molar-refractivity contribution is -0.148. The van der Waals surface area contributed by atoms with E-state index in [1.54, 1.807) is 0 Å². The topological polar surface area (TPSA) is 75.6 Å². The molecule has 0 heterocycles. The maximum Gasteiger partial charge on any atom is 0.334 e. The summed E-state index contributed by atoms with van der Waals surface area (Å²) in [7, 11) is 1.29. The molecular formula is C12H14BrNO4. The molecule has 1 aromatic carbocycles. The Balaban J connectivity index is 2.48. The molecule has 0 aromatic heterocycles. The minimum atomic E-state index is -1.10. The Bertz CT molecular complexity index is 436. The van der Waals surface area contributed by atoms with E-state index in [0.29, 0.717) is 0 Å². The molecule has 0 aliphatic rings. The minimum Gasteiger partial charge on any atom is -0.479 e. The van der Waals surface area contributed by atoms with Crippen molar-refractivity contribution in [2.24, 2.45) is 0 Å². The summed E-state index contributed by atoms with van der Waals surface area (Å²) in [5.41, 5.74) is 0.847. The van der Waals surface area contributed by atoms with Gasteiger partial charge < -0.3 is 15.2 Å². The lowest BCUT2D eigenvalue weighted by atomic mass is 10.1. The Morgan fingerprint density at radius 1 is 1.44 bits per heavy atom. The number of halogens is 1.